The van der Waals surface area contributed by atoms with Crippen LogP contribution in [0.25, 0.3) is 0 Å². The number of hydrogen-bond acceptors (Lipinski definition) is 2. The molecule has 116 valence electrons. The molecule has 1 aliphatic carbocycles. The van der Waals surface area contributed by atoms with Gasteiger partial charge in [0, 0.05) is 23.8 Å². The molecule has 2 aliphatic rings. The number of hydrogen-bond donors (Lipinski definition) is 0. The van der Waals surface area contributed by atoms with Crippen LogP contribution in [0, 0.1) is 5.92 Å². The van der Waals surface area contributed by atoms with Crippen LogP contribution in [0.3, 0.4) is 0 Å². The van der Waals surface area contributed by atoms with Gasteiger partial charge < -0.3 is 4.90 Å². The number of carbonyl (C=O) groups is 1. The summed E-state index contributed by atoms with van der Waals surface area (Å²) in [6.45, 7) is 1.81. The van der Waals surface area contributed by atoms with Crippen molar-refractivity contribution in [3.63, 3.8) is 0 Å². The number of alkyl halides is 1. The number of thiophene rings is 1. The molecule has 0 bridgehead atoms. The van der Waals surface area contributed by atoms with Gasteiger partial charge in [-0.2, -0.15) is 0 Å². The zero-order valence-corrected chi connectivity index (χ0v) is 14.1. The van der Waals surface area contributed by atoms with E-state index >= 15 is 0 Å². The Morgan fingerprint density at radius 3 is 3.00 bits per heavy atom. The van der Waals surface area contributed by atoms with Crippen molar-refractivity contribution < 1.29 is 4.79 Å². The Balaban J connectivity index is 1.70. The van der Waals surface area contributed by atoms with Crippen molar-refractivity contribution in [1.29, 1.82) is 0 Å². The maximum atomic E-state index is 12.8. The molecule has 1 saturated heterocycles. The molecule has 4 heteroatoms. The van der Waals surface area contributed by atoms with Crippen LogP contribution in [0.2, 0.25) is 0 Å². The number of carbonyl (C=O) groups excluding carboxylic acids is 1. The summed E-state index contributed by atoms with van der Waals surface area (Å²) in [6.07, 6.45) is 9.59. The molecule has 0 N–H and O–H groups in total. The standard InChI is InChI=1S/C17H24ClNOS/c18-9-8-13-5-4-10-19(12-13)17(20)16-11-14-6-2-1-3-7-15(14)21-16/h11,13H,1-10,12H2. The summed E-state index contributed by atoms with van der Waals surface area (Å²) in [5, 5.41) is 0. The van der Waals surface area contributed by atoms with Crippen LogP contribution in [0.15, 0.2) is 6.07 Å². The van der Waals surface area contributed by atoms with E-state index in [1.165, 1.54) is 42.5 Å². The SMILES string of the molecule is O=C(c1cc2c(s1)CCCCC2)N1CCCC(CCCl)C1. The Labute approximate surface area is 136 Å². The summed E-state index contributed by atoms with van der Waals surface area (Å²) < 4.78 is 0. The van der Waals surface area contributed by atoms with Gasteiger partial charge in [-0.1, -0.05) is 6.42 Å². The van der Waals surface area contributed by atoms with E-state index in [2.05, 4.69) is 11.0 Å². The number of amides is 1. The Bertz CT molecular complexity index is 473. The summed E-state index contributed by atoms with van der Waals surface area (Å²) in [7, 11) is 0. The second kappa shape index (κ2) is 7.15. The minimum atomic E-state index is 0.257. The summed E-state index contributed by atoms with van der Waals surface area (Å²) in [6, 6.07) is 2.18. The number of fused-ring (bicyclic) bond motifs is 1. The van der Waals surface area contributed by atoms with E-state index in [9.17, 15) is 4.79 Å². The lowest BCUT2D eigenvalue weighted by Gasteiger charge is -2.32. The molecule has 0 saturated carbocycles. The molecule has 3 rings (SSSR count). The molecule has 1 fully saturated rings. The summed E-state index contributed by atoms with van der Waals surface area (Å²) in [4.78, 5) is 17.2. The highest BCUT2D eigenvalue weighted by Crippen LogP contribution is 2.31. The number of halogens is 1. The topological polar surface area (TPSA) is 20.3 Å². The summed E-state index contributed by atoms with van der Waals surface area (Å²) in [5.41, 5.74) is 1.44. The zero-order valence-electron chi connectivity index (χ0n) is 12.6. The van der Waals surface area contributed by atoms with Gasteiger partial charge in [0.25, 0.3) is 5.91 Å². The van der Waals surface area contributed by atoms with Crippen LogP contribution < -0.4 is 0 Å². The molecule has 2 heterocycles. The van der Waals surface area contributed by atoms with Crippen LogP contribution in [-0.2, 0) is 12.8 Å². The second-order valence-corrected chi connectivity index (χ2v) is 7.87. The minimum Gasteiger partial charge on any atom is -0.338 e. The molecule has 1 aliphatic heterocycles. The third kappa shape index (κ3) is 3.62. The van der Waals surface area contributed by atoms with Crippen molar-refractivity contribution in [2.45, 2.75) is 51.4 Å². The second-order valence-electron chi connectivity index (χ2n) is 6.36. The monoisotopic (exact) mass is 325 g/mol. The average Bonchev–Trinajstić information content (AvgIpc) is 2.78. The molecule has 1 atom stereocenters. The maximum absolute atomic E-state index is 12.8. The van der Waals surface area contributed by atoms with Crippen LogP contribution in [0.1, 0.15) is 58.6 Å². The Kier molecular flexibility index (Phi) is 5.23. The number of aryl methyl sites for hydroxylation is 2. The van der Waals surface area contributed by atoms with Gasteiger partial charge in [-0.15, -0.1) is 22.9 Å². The van der Waals surface area contributed by atoms with Crippen molar-refractivity contribution >= 4 is 28.8 Å². The van der Waals surface area contributed by atoms with Crippen molar-refractivity contribution in [3.8, 4) is 0 Å². The lowest BCUT2D eigenvalue weighted by atomic mass is 9.95. The molecule has 0 spiro atoms. The van der Waals surface area contributed by atoms with Gasteiger partial charge in [0.15, 0.2) is 0 Å². The van der Waals surface area contributed by atoms with E-state index in [0.717, 1.165) is 37.2 Å². The third-order valence-electron chi connectivity index (χ3n) is 4.78. The first-order valence-corrected chi connectivity index (χ1v) is 9.60. The fourth-order valence-electron chi connectivity index (χ4n) is 3.57. The predicted octanol–water partition coefficient (Wildman–Crippen LogP) is 4.50. The van der Waals surface area contributed by atoms with Gasteiger partial charge in [-0.05, 0) is 62.5 Å². The summed E-state index contributed by atoms with van der Waals surface area (Å²) in [5.74, 6) is 1.56. The Hall–Kier alpha value is -0.540. The molecule has 1 aromatic rings. The lowest BCUT2D eigenvalue weighted by molar-refractivity contribution is 0.0676. The predicted molar refractivity (Wildman–Crippen MR) is 89.5 cm³/mol. The van der Waals surface area contributed by atoms with Gasteiger partial charge in [0.2, 0.25) is 0 Å². The maximum Gasteiger partial charge on any atom is 0.263 e. The molecule has 1 unspecified atom stereocenters. The van der Waals surface area contributed by atoms with Crippen LogP contribution in [-0.4, -0.2) is 29.8 Å². The quantitative estimate of drug-likeness (QED) is 0.592. The highest BCUT2D eigenvalue weighted by Gasteiger charge is 2.26. The third-order valence-corrected chi connectivity index (χ3v) is 6.22. The lowest BCUT2D eigenvalue weighted by Crippen LogP contribution is -2.39. The molecule has 2 nitrogen and oxygen atoms in total. The first-order chi connectivity index (χ1) is 10.3. The van der Waals surface area contributed by atoms with E-state index in [0.29, 0.717) is 11.8 Å². The molecular formula is C17H24ClNOS. The van der Waals surface area contributed by atoms with Crippen molar-refractivity contribution in [3.05, 3.63) is 21.4 Å². The van der Waals surface area contributed by atoms with Gasteiger partial charge in [-0.3, -0.25) is 4.79 Å². The van der Waals surface area contributed by atoms with Crippen LogP contribution in [0.5, 0.6) is 0 Å². The summed E-state index contributed by atoms with van der Waals surface area (Å²) >= 11 is 7.61. The molecule has 1 aromatic heterocycles. The fraction of sp³-hybridized carbons (Fsp3) is 0.706. The Morgan fingerprint density at radius 2 is 2.14 bits per heavy atom. The number of nitrogens with zero attached hydrogens (tertiary/aromatic N) is 1. The fourth-order valence-corrected chi connectivity index (χ4v) is 5.10. The van der Waals surface area contributed by atoms with E-state index in [1.807, 2.05) is 0 Å². The van der Waals surface area contributed by atoms with Crippen molar-refractivity contribution in [2.24, 2.45) is 5.92 Å². The largest absolute Gasteiger partial charge is 0.338 e. The average molecular weight is 326 g/mol. The highest BCUT2D eigenvalue weighted by atomic mass is 35.5. The van der Waals surface area contributed by atoms with E-state index in [4.69, 9.17) is 11.6 Å². The number of likely N-dealkylation sites (tertiary alicyclic amines) is 1. The van der Waals surface area contributed by atoms with Crippen molar-refractivity contribution in [2.75, 3.05) is 19.0 Å². The minimum absolute atomic E-state index is 0.257. The number of piperidine rings is 1. The first kappa shape index (κ1) is 15.4. The van der Waals surface area contributed by atoms with E-state index in [-0.39, 0.29) is 5.91 Å². The van der Waals surface area contributed by atoms with Gasteiger partial charge >= 0.3 is 0 Å². The van der Waals surface area contributed by atoms with Gasteiger partial charge in [0.05, 0.1) is 4.88 Å². The molecule has 0 radical (unpaired) electrons. The van der Waals surface area contributed by atoms with E-state index in [1.54, 1.807) is 11.3 Å². The van der Waals surface area contributed by atoms with E-state index < -0.39 is 0 Å². The highest BCUT2D eigenvalue weighted by molar-refractivity contribution is 7.14. The van der Waals surface area contributed by atoms with Crippen molar-refractivity contribution in [1.82, 2.24) is 4.90 Å². The first-order valence-electron chi connectivity index (χ1n) is 8.24. The van der Waals surface area contributed by atoms with Crippen LogP contribution in [0.4, 0.5) is 0 Å². The zero-order chi connectivity index (χ0) is 14.7. The molecule has 0 aromatic carbocycles. The van der Waals surface area contributed by atoms with Gasteiger partial charge in [-0.25, -0.2) is 0 Å². The van der Waals surface area contributed by atoms with Gasteiger partial charge in [0.1, 0.15) is 0 Å². The molecule has 21 heavy (non-hydrogen) atoms. The smallest absolute Gasteiger partial charge is 0.263 e. The Morgan fingerprint density at radius 1 is 1.29 bits per heavy atom. The number of rotatable bonds is 3. The molecular weight excluding hydrogens is 302 g/mol. The van der Waals surface area contributed by atoms with Crippen LogP contribution >= 0.6 is 22.9 Å². The normalized spacial score (nSPS) is 22.7. The molecule has 1 amide bonds.